The highest BCUT2D eigenvalue weighted by molar-refractivity contribution is 7.10. The fraction of sp³-hybridized carbons (Fsp3) is 0.444. The maximum Gasteiger partial charge on any atom is 0.406 e. The number of carbonyl (C=O) groups excluding carboxylic acids is 1. The van der Waals surface area contributed by atoms with Gasteiger partial charge in [-0.1, -0.05) is 6.07 Å². The summed E-state index contributed by atoms with van der Waals surface area (Å²) in [6, 6.07) is 3.75. The molecule has 14 heavy (non-hydrogen) atoms. The molecule has 1 heterocycles. The zero-order chi connectivity index (χ0) is 10.4. The van der Waals surface area contributed by atoms with E-state index < -0.39 is 12.2 Å². The molecule has 0 aliphatic heterocycles. The SMILES string of the molecule is COC(=O)NCC[C@H](O)c1cccs1. The summed E-state index contributed by atoms with van der Waals surface area (Å²) in [6.45, 7) is 0.408. The Morgan fingerprint density at radius 1 is 1.79 bits per heavy atom. The Hall–Kier alpha value is -1.07. The van der Waals surface area contributed by atoms with Crippen LogP contribution in [0.1, 0.15) is 17.4 Å². The third-order valence-corrected chi connectivity index (χ3v) is 2.72. The van der Waals surface area contributed by atoms with Gasteiger partial charge in [-0.15, -0.1) is 11.3 Å². The first-order valence-corrected chi connectivity index (χ1v) is 5.15. The van der Waals surface area contributed by atoms with Crippen molar-refractivity contribution in [2.24, 2.45) is 0 Å². The maximum atomic E-state index is 10.7. The number of ether oxygens (including phenoxy) is 1. The van der Waals surface area contributed by atoms with Gasteiger partial charge in [0.05, 0.1) is 13.2 Å². The quantitative estimate of drug-likeness (QED) is 0.800. The van der Waals surface area contributed by atoms with Crippen LogP contribution in [-0.2, 0) is 4.74 Å². The fourth-order valence-corrected chi connectivity index (χ4v) is 1.75. The molecule has 1 atom stereocenters. The Labute approximate surface area is 86.5 Å². The van der Waals surface area contributed by atoms with Crippen LogP contribution in [0.15, 0.2) is 17.5 Å². The molecule has 1 amide bonds. The minimum absolute atomic E-state index is 0.408. The number of methoxy groups -OCH3 is 1. The van der Waals surface area contributed by atoms with E-state index in [0.29, 0.717) is 13.0 Å². The smallest absolute Gasteiger partial charge is 0.406 e. The van der Waals surface area contributed by atoms with E-state index >= 15 is 0 Å². The van der Waals surface area contributed by atoms with E-state index in [1.54, 1.807) is 0 Å². The molecule has 0 radical (unpaired) electrons. The Bertz CT molecular complexity index is 274. The lowest BCUT2D eigenvalue weighted by Crippen LogP contribution is -2.25. The predicted octanol–water partition coefficient (Wildman–Crippen LogP) is 1.53. The highest BCUT2D eigenvalue weighted by Gasteiger charge is 2.08. The number of aliphatic hydroxyl groups is 1. The van der Waals surface area contributed by atoms with E-state index in [1.807, 2.05) is 17.5 Å². The molecule has 4 nitrogen and oxygen atoms in total. The summed E-state index contributed by atoms with van der Waals surface area (Å²) in [6.07, 6.45) is -0.481. The van der Waals surface area contributed by atoms with Crippen molar-refractivity contribution in [1.82, 2.24) is 5.32 Å². The van der Waals surface area contributed by atoms with Gasteiger partial charge in [0.15, 0.2) is 0 Å². The highest BCUT2D eigenvalue weighted by atomic mass is 32.1. The third-order valence-electron chi connectivity index (χ3n) is 1.74. The number of hydrogen-bond donors (Lipinski definition) is 2. The monoisotopic (exact) mass is 215 g/mol. The lowest BCUT2D eigenvalue weighted by atomic mass is 10.2. The molecule has 0 aromatic carbocycles. The van der Waals surface area contributed by atoms with Crippen molar-refractivity contribution < 1.29 is 14.6 Å². The molecule has 0 saturated carbocycles. The van der Waals surface area contributed by atoms with Crippen LogP contribution in [0.25, 0.3) is 0 Å². The molecule has 1 aromatic heterocycles. The number of alkyl carbamates (subject to hydrolysis) is 1. The molecule has 0 bridgehead atoms. The Kier molecular flexibility index (Phi) is 4.42. The van der Waals surface area contributed by atoms with Crippen LogP contribution in [0.5, 0.6) is 0 Å². The normalized spacial score (nSPS) is 12.1. The predicted molar refractivity (Wildman–Crippen MR) is 54.3 cm³/mol. The summed E-state index contributed by atoms with van der Waals surface area (Å²) < 4.78 is 4.39. The van der Waals surface area contributed by atoms with Crippen LogP contribution in [0.4, 0.5) is 4.79 Å². The molecule has 0 aliphatic rings. The van der Waals surface area contributed by atoms with Crippen LogP contribution in [0, 0.1) is 0 Å². The van der Waals surface area contributed by atoms with Crippen molar-refractivity contribution in [3.8, 4) is 0 Å². The van der Waals surface area contributed by atoms with Crippen molar-refractivity contribution in [2.45, 2.75) is 12.5 Å². The first-order valence-electron chi connectivity index (χ1n) is 4.27. The standard InChI is InChI=1S/C9H13NO3S/c1-13-9(12)10-5-4-7(11)8-3-2-6-14-8/h2-3,6-7,11H,4-5H2,1H3,(H,10,12)/t7-/m0/s1. The van der Waals surface area contributed by atoms with Gasteiger partial charge in [-0.25, -0.2) is 4.79 Å². The zero-order valence-corrected chi connectivity index (χ0v) is 8.71. The third kappa shape index (κ3) is 3.35. The average molecular weight is 215 g/mol. The van der Waals surface area contributed by atoms with Crippen molar-refractivity contribution in [3.05, 3.63) is 22.4 Å². The van der Waals surface area contributed by atoms with Gasteiger partial charge >= 0.3 is 6.09 Å². The van der Waals surface area contributed by atoms with E-state index in [2.05, 4.69) is 10.1 Å². The van der Waals surface area contributed by atoms with Crippen molar-refractivity contribution in [3.63, 3.8) is 0 Å². The van der Waals surface area contributed by atoms with Gasteiger partial charge in [0, 0.05) is 11.4 Å². The maximum absolute atomic E-state index is 10.7. The van der Waals surface area contributed by atoms with Gasteiger partial charge in [-0.2, -0.15) is 0 Å². The van der Waals surface area contributed by atoms with Crippen LogP contribution in [0.2, 0.25) is 0 Å². The van der Waals surface area contributed by atoms with Crippen LogP contribution >= 0.6 is 11.3 Å². The van der Waals surface area contributed by atoms with Gasteiger partial charge in [0.25, 0.3) is 0 Å². The van der Waals surface area contributed by atoms with E-state index in [-0.39, 0.29) is 0 Å². The Morgan fingerprint density at radius 3 is 3.14 bits per heavy atom. The second kappa shape index (κ2) is 5.62. The van der Waals surface area contributed by atoms with Crippen molar-refractivity contribution >= 4 is 17.4 Å². The Morgan fingerprint density at radius 2 is 2.57 bits per heavy atom. The molecule has 1 aromatic rings. The van der Waals surface area contributed by atoms with Crippen LogP contribution in [-0.4, -0.2) is 24.9 Å². The molecular weight excluding hydrogens is 202 g/mol. The summed E-state index contributed by atoms with van der Waals surface area (Å²) in [5.41, 5.74) is 0. The summed E-state index contributed by atoms with van der Waals surface area (Å²) in [5, 5.41) is 14.0. The van der Waals surface area contributed by atoms with E-state index in [9.17, 15) is 9.90 Å². The number of hydrogen-bond acceptors (Lipinski definition) is 4. The summed E-state index contributed by atoms with van der Waals surface area (Å²) in [4.78, 5) is 11.6. The molecule has 0 unspecified atom stereocenters. The summed E-state index contributed by atoms with van der Waals surface area (Å²) >= 11 is 1.50. The molecule has 78 valence electrons. The summed E-state index contributed by atoms with van der Waals surface area (Å²) in [7, 11) is 1.31. The first kappa shape index (κ1) is 11.0. The number of amides is 1. The zero-order valence-electron chi connectivity index (χ0n) is 7.90. The molecular formula is C9H13NO3S. The average Bonchev–Trinajstić information content (AvgIpc) is 2.70. The Balaban J connectivity index is 2.22. The first-order chi connectivity index (χ1) is 6.74. The van der Waals surface area contributed by atoms with E-state index in [0.717, 1.165) is 4.88 Å². The fourth-order valence-electron chi connectivity index (χ4n) is 1.01. The van der Waals surface area contributed by atoms with Gasteiger partial charge in [0.2, 0.25) is 0 Å². The number of carbonyl (C=O) groups is 1. The van der Waals surface area contributed by atoms with Gasteiger partial charge < -0.3 is 15.2 Å². The topological polar surface area (TPSA) is 58.6 Å². The van der Waals surface area contributed by atoms with Crippen LogP contribution < -0.4 is 5.32 Å². The second-order valence-electron chi connectivity index (χ2n) is 2.74. The molecule has 2 N–H and O–H groups in total. The minimum Gasteiger partial charge on any atom is -0.453 e. The highest BCUT2D eigenvalue weighted by Crippen LogP contribution is 2.20. The van der Waals surface area contributed by atoms with Gasteiger partial charge in [-0.3, -0.25) is 0 Å². The van der Waals surface area contributed by atoms with Gasteiger partial charge in [-0.05, 0) is 17.9 Å². The molecule has 1 rings (SSSR count). The number of nitrogens with one attached hydrogen (secondary N) is 1. The molecule has 5 heteroatoms. The minimum atomic E-state index is -0.507. The van der Waals surface area contributed by atoms with Gasteiger partial charge in [0.1, 0.15) is 0 Å². The largest absolute Gasteiger partial charge is 0.453 e. The number of aliphatic hydroxyl groups excluding tert-OH is 1. The molecule has 0 aliphatic carbocycles. The lowest BCUT2D eigenvalue weighted by Gasteiger charge is -2.08. The number of thiophene rings is 1. The molecule has 0 fully saturated rings. The lowest BCUT2D eigenvalue weighted by molar-refractivity contribution is 0.157. The van der Waals surface area contributed by atoms with Crippen molar-refractivity contribution in [2.75, 3.05) is 13.7 Å². The van der Waals surface area contributed by atoms with E-state index in [1.165, 1.54) is 18.4 Å². The second-order valence-corrected chi connectivity index (χ2v) is 3.72. The molecule has 0 spiro atoms. The van der Waals surface area contributed by atoms with Crippen molar-refractivity contribution in [1.29, 1.82) is 0 Å². The van der Waals surface area contributed by atoms with Crippen LogP contribution in [0.3, 0.4) is 0 Å². The molecule has 0 saturated heterocycles. The van der Waals surface area contributed by atoms with E-state index in [4.69, 9.17) is 0 Å². The summed E-state index contributed by atoms with van der Waals surface area (Å²) in [5.74, 6) is 0. The number of rotatable bonds is 4.